The number of carbonyl (C=O) groups excluding carboxylic acids is 1. The molecule has 0 aliphatic heterocycles. The van der Waals surface area contributed by atoms with Crippen LogP contribution in [0, 0.1) is 5.82 Å². The summed E-state index contributed by atoms with van der Waals surface area (Å²) in [5.41, 5.74) is 5.45. The highest BCUT2D eigenvalue weighted by atomic mass is 19.1. The summed E-state index contributed by atoms with van der Waals surface area (Å²) in [5, 5.41) is 0. The first kappa shape index (κ1) is 10.2. The molecule has 0 unspecified atom stereocenters. The van der Waals surface area contributed by atoms with Crippen LogP contribution in [-0.4, -0.2) is 15.9 Å². The number of nitrogens with zero attached hydrogens (tertiary/aromatic N) is 1. The number of esters is 1. The lowest BCUT2D eigenvalue weighted by atomic mass is 10.3. The minimum atomic E-state index is -0.708. The molecule has 0 spiro atoms. The van der Waals surface area contributed by atoms with Crippen LogP contribution in [0.25, 0.3) is 0 Å². The first-order valence-electron chi connectivity index (χ1n) is 4.43. The zero-order valence-electron chi connectivity index (χ0n) is 8.11. The number of halogens is 1. The van der Waals surface area contributed by atoms with E-state index in [1.807, 2.05) is 0 Å². The summed E-state index contributed by atoms with van der Waals surface area (Å²) in [6.07, 6.45) is 1.28. The maximum Gasteiger partial charge on any atom is 0.364 e. The van der Waals surface area contributed by atoms with Gasteiger partial charge >= 0.3 is 5.97 Å². The molecule has 16 heavy (non-hydrogen) atoms. The number of hydrogen-bond donors (Lipinski definition) is 2. The first-order chi connectivity index (χ1) is 7.66. The van der Waals surface area contributed by atoms with Gasteiger partial charge in [-0.1, -0.05) is 6.07 Å². The number of H-pyrrole nitrogens is 1. The highest BCUT2D eigenvalue weighted by Crippen LogP contribution is 2.15. The molecule has 0 atom stereocenters. The number of aromatic amines is 1. The zero-order chi connectivity index (χ0) is 11.5. The lowest BCUT2D eigenvalue weighted by Crippen LogP contribution is -2.11. The number of imidazole rings is 1. The molecule has 0 bridgehead atoms. The Balaban J connectivity index is 2.17. The van der Waals surface area contributed by atoms with E-state index in [0.29, 0.717) is 0 Å². The molecular weight excluding hydrogens is 213 g/mol. The number of aromatic nitrogens is 2. The standard InChI is InChI=1S/C10H8FN3O2/c11-6-2-1-3-7(4-6)16-10(15)8-9(12)14-5-13-8/h1-5H,12H2,(H,13,14). The van der Waals surface area contributed by atoms with E-state index in [-0.39, 0.29) is 17.3 Å². The molecule has 2 aromatic rings. The molecule has 0 amide bonds. The van der Waals surface area contributed by atoms with Crippen molar-refractivity contribution in [1.29, 1.82) is 0 Å². The average molecular weight is 221 g/mol. The van der Waals surface area contributed by atoms with Gasteiger partial charge in [0, 0.05) is 6.07 Å². The number of hydrogen-bond acceptors (Lipinski definition) is 4. The summed E-state index contributed by atoms with van der Waals surface area (Å²) in [5.74, 6) is -1.04. The first-order valence-corrected chi connectivity index (χ1v) is 4.43. The maximum atomic E-state index is 12.8. The Bertz CT molecular complexity index is 524. The maximum absolute atomic E-state index is 12.8. The van der Waals surface area contributed by atoms with Crippen molar-refractivity contribution in [3.63, 3.8) is 0 Å². The molecule has 82 valence electrons. The van der Waals surface area contributed by atoms with E-state index in [9.17, 15) is 9.18 Å². The van der Waals surface area contributed by atoms with Gasteiger partial charge in [-0.15, -0.1) is 0 Å². The van der Waals surface area contributed by atoms with E-state index in [2.05, 4.69) is 9.97 Å². The third kappa shape index (κ3) is 2.00. The number of nitrogen functional groups attached to an aromatic ring is 1. The number of carbonyl (C=O) groups is 1. The van der Waals surface area contributed by atoms with Crippen LogP contribution in [0.1, 0.15) is 10.5 Å². The molecule has 5 nitrogen and oxygen atoms in total. The Morgan fingerprint density at radius 1 is 1.50 bits per heavy atom. The fourth-order valence-electron chi connectivity index (χ4n) is 1.16. The fraction of sp³-hybridized carbons (Fsp3) is 0. The summed E-state index contributed by atoms with van der Waals surface area (Å²) in [6.45, 7) is 0. The van der Waals surface area contributed by atoms with Crippen LogP contribution in [0.4, 0.5) is 10.2 Å². The van der Waals surface area contributed by atoms with E-state index < -0.39 is 11.8 Å². The monoisotopic (exact) mass is 221 g/mol. The summed E-state index contributed by atoms with van der Waals surface area (Å²) in [7, 11) is 0. The number of ether oxygens (including phenoxy) is 1. The molecule has 0 saturated carbocycles. The third-order valence-electron chi connectivity index (χ3n) is 1.88. The number of nitrogens with two attached hydrogens (primary N) is 1. The van der Waals surface area contributed by atoms with Gasteiger partial charge in [-0.3, -0.25) is 0 Å². The van der Waals surface area contributed by atoms with Gasteiger partial charge in [-0.25, -0.2) is 14.2 Å². The van der Waals surface area contributed by atoms with Crippen LogP contribution in [0.15, 0.2) is 30.6 Å². The van der Waals surface area contributed by atoms with Crippen molar-refractivity contribution in [1.82, 2.24) is 9.97 Å². The van der Waals surface area contributed by atoms with Crippen LogP contribution in [-0.2, 0) is 0 Å². The van der Waals surface area contributed by atoms with Crippen molar-refractivity contribution in [2.45, 2.75) is 0 Å². The summed E-state index contributed by atoms with van der Waals surface area (Å²) >= 11 is 0. The fourth-order valence-corrected chi connectivity index (χ4v) is 1.16. The topological polar surface area (TPSA) is 81.0 Å². The highest BCUT2D eigenvalue weighted by Gasteiger charge is 2.14. The molecule has 0 saturated heterocycles. The number of nitrogens with one attached hydrogen (secondary N) is 1. The molecule has 0 radical (unpaired) electrons. The van der Waals surface area contributed by atoms with Gasteiger partial charge < -0.3 is 15.5 Å². The average Bonchev–Trinajstić information content (AvgIpc) is 2.64. The van der Waals surface area contributed by atoms with E-state index >= 15 is 0 Å². The van der Waals surface area contributed by atoms with E-state index in [1.54, 1.807) is 0 Å². The van der Waals surface area contributed by atoms with Crippen molar-refractivity contribution in [2.24, 2.45) is 0 Å². The van der Waals surface area contributed by atoms with Crippen molar-refractivity contribution >= 4 is 11.8 Å². The molecule has 1 aromatic carbocycles. The van der Waals surface area contributed by atoms with Gasteiger partial charge in [-0.2, -0.15) is 0 Å². The molecule has 3 N–H and O–H groups in total. The van der Waals surface area contributed by atoms with Crippen LogP contribution in [0.2, 0.25) is 0 Å². The number of benzene rings is 1. The SMILES string of the molecule is Nc1nc[nH]c1C(=O)Oc1cccc(F)c1. The predicted molar refractivity (Wildman–Crippen MR) is 54.4 cm³/mol. The Kier molecular flexibility index (Phi) is 2.55. The minimum absolute atomic E-state index is 0.0430. The molecule has 2 rings (SSSR count). The van der Waals surface area contributed by atoms with Gasteiger partial charge in [0.25, 0.3) is 0 Å². The van der Waals surface area contributed by atoms with Crippen LogP contribution in [0.5, 0.6) is 5.75 Å². The number of anilines is 1. The molecule has 1 aromatic heterocycles. The lowest BCUT2D eigenvalue weighted by molar-refractivity contribution is 0.0730. The zero-order valence-corrected chi connectivity index (χ0v) is 8.11. The van der Waals surface area contributed by atoms with Crippen molar-refractivity contribution in [2.75, 3.05) is 5.73 Å². The smallest absolute Gasteiger partial charge is 0.364 e. The Hall–Kier alpha value is -2.37. The van der Waals surface area contributed by atoms with Crippen molar-refractivity contribution in [3.05, 3.63) is 42.1 Å². The Morgan fingerprint density at radius 3 is 2.94 bits per heavy atom. The minimum Gasteiger partial charge on any atom is -0.422 e. The molecule has 0 fully saturated rings. The summed E-state index contributed by atoms with van der Waals surface area (Å²) < 4.78 is 17.7. The van der Waals surface area contributed by atoms with Crippen LogP contribution >= 0.6 is 0 Å². The molecule has 0 aliphatic rings. The van der Waals surface area contributed by atoms with Gasteiger partial charge in [0.15, 0.2) is 11.5 Å². The van der Waals surface area contributed by atoms with Crippen LogP contribution < -0.4 is 10.5 Å². The Morgan fingerprint density at radius 2 is 2.31 bits per heavy atom. The second-order valence-electron chi connectivity index (χ2n) is 3.01. The van der Waals surface area contributed by atoms with Gasteiger partial charge in [0.2, 0.25) is 0 Å². The van der Waals surface area contributed by atoms with Gasteiger partial charge in [0.05, 0.1) is 6.33 Å². The Labute approximate surface area is 90.1 Å². The van der Waals surface area contributed by atoms with E-state index in [0.717, 1.165) is 6.07 Å². The van der Waals surface area contributed by atoms with Gasteiger partial charge in [-0.05, 0) is 12.1 Å². The summed E-state index contributed by atoms with van der Waals surface area (Å²) in [6, 6.07) is 5.26. The predicted octanol–water partition coefficient (Wildman–Crippen LogP) is 1.35. The molecular formula is C10H8FN3O2. The number of rotatable bonds is 2. The molecule has 6 heteroatoms. The normalized spacial score (nSPS) is 10.1. The van der Waals surface area contributed by atoms with E-state index in [4.69, 9.17) is 10.5 Å². The lowest BCUT2D eigenvalue weighted by Gasteiger charge is -2.02. The van der Waals surface area contributed by atoms with Crippen molar-refractivity contribution < 1.29 is 13.9 Å². The highest BCUT2D eigenvalue weighted by molar-refractivity contribution is 5.93. The summed E-state index contributed by atoms with van der Waals surface area (Å²) in [4.78, 5) is 17.7. The largest absolute Gasteiger partial charge is 0.422 e. The van der Waals surface area contributed by atoms with Crippen molar-refractivity contribution in [3.8, 4) is 5.75 Å². The quantitative estimate of drug-likeness (QED) is 0.592. The van der Waals surface area contributed by atoms with E-state index in [1.165, 1.54) is 24.5 Å². The molecule has 0 aliphatic carbocycles. The second-order valence-corrected chi connectivity index (χ2v) is 3.01. The van der Waals surface area contributed by atoms with Crippen LogP contribution in [0.3, 0.4) is 0 Å². The second kappa shape index (κ2) is 4.01. The molecule has 1 heterocycles. The third-order valence-corrected chi connectivity index (χ3v) is 1.88. The van der Waals surface area contributed by atoms with Gasteiger partial charge in [0.1, 0.15) is 11.6 Å².